The van der Waals surface area contributed by atoms with Gasteiger partial charge >= 0.3 is 6.09 Å². The number of carbonyl (C=O) groups is 1. The molecule has 1 aliphatic carbocycles. The Labute approximate surface area is 138 Å². The number of carbonyl (C=O) groups excluding carboxylic acids is 1. The summed E-state index contributed by atoms with van der Waals surface area (Å²) in [6.45, 7) is 10.4. The highest BCUT2D eigenvalue weighted by molar-refractivity contribution is 5.67. The summed E-state index contributed by atoms with van der Waals surface area (Å²) < 4.78 is 32.8. The minimum absolute atomic E-state index is 0.0983. The summed E-state index contributed by atoms with van der Waals surface area (Å²) in [5.41, 5.74) is -0.513. The van der Waals surface area contributed by atoms with E-state index in [0.29, 0.717) is 5.92 Å². The molecule has 1 rings (SSSR count). The van der Waals surface area contributed by atoms with E-state index in [0.717, 1.165) is 19.3 Å². The van der Waals surface area contributed by atoms with Crippen LogP contribution >= 0.6 is 0 Å². The molecule has 0 spiro atoms. The zero-order valence-electron chi connectivity index (χ0n) is 15.3. The van der Waals surface area contributed by atoms with Crippen LogP contribution in [-0.2, 0) is 4.74 Å². The third kappa shape index (κ3) is 8.49. The summed E-state index contributed by atoms with van der Waals surface area (Å²) in [5, 5.41) is 5.12. The summed E-state index contributed by atoms with van der Waals surface area (Å²) in [6.07, 6.45) is 2.12. The molecule has 0 bridgehead atoms. The Bertz CT molecular complexity index is 406. The van der Waals surface area contributed by atoms with Gasteiger partial charge in [0.1, 0.15) is 5.60 Å². The number of alkyl halides is 2. The van der Waals surface area contributed by atoms with Gasteiger partial charge in [-0.15, -0.1) is 0 Å². The van der Waals surface area contributed by atoms with Crippen LogP contribution in [0, 0.1) is 11.3 Å². The fraction of sp³-hybridized carbons (Fsp3) is 0.941. The van der Waals surface area contributed by atoms with Crippen LogP contribution in [0.2, 0.25) is 0 Å². The first-order valence-corrected chi connectivity index (χ1v) is 8.36. The van der Waals surface area contributed by atoms with Crippen LogP contribution in [0.25, 0.3) is 0 Å². The van der Waals surface area contributed by atoms with E-state index in [1.807, 2.05) is 0 Å². The molecule has 0 aromatic rings. The molecule has 0 radical (unpaired) electrons. The molecule has 0 aromatic heterocycles. The van der Waals surface area contributed by atoms with Crippen molar-refractivity contribution in [2.75, 3.05) is 13.1 Å². The lowest BCUT2D eigenvalue weighted by Crippen LogP contribution is -2.49. The highest BCUT2D eigenvalue weighted by Crippen LogP contribution is 2.38. The van der Waals surface area contributed by atoms with E-state index >= 15 is 0 Å². The molecule has 1 amide bonds. The zero-order valence-corrected chi connectivity index (χ0v) is 15.3. The lowest BCUT2D eigenvalue weighted by Gasteiger charge is -2.39. The molecule has 0 saturated heterocycles. The van der Waals surface area contributed by atoms with E-state index in [4.69, 9.17) is 4.74 Å². The maximum atomic E-state index is 13.9. The predicted molar refractivity (Wildman–Crippen MR) is 87.8 cm³/mol. The minimum Gasteiger partial charge on any atom is -0.444 e. The standard InChI is InChI=1S/C17H32F2N2O2/c1-12-7-13(9-16(5,6)8-12)20-10-17(18,19)11-21-14(22)23-15(2,3)4/h12-13,20H,7-11H2,1-6H3,(H,21,22). The van der Waals surface area contributed by atoms with Gasteiger partial charge in [0.05, 0.1) is 13.1 Å². The quantitative estimate of drug-likeness (QED) is 0.800. The molecule has 2 atom stereocenters. The number of halogens is 2. The second kappa shape index (κ2) is 7.32. The third-order valence-electron chi connectivity index (χ3n) is 3.93. The monoisotopic (exact) mass is 334 g/mol. The van der Waals surface area contributed by atoms with Gasteiger partial charge in [0, 0.05) is 6.04 Å². The summed E-state index contributed by atoms with van der Waals surface area (Å²) in [6, 6.07) is 0.0983. The van der Waals surface area contributed by atoms with Crippen LogP contribution in [-0.4, -0.2) is 36.7 Å². The molecular formula is C17H32F2N2O2. The van der Waals surface area contributed by atoms with Gasteiger partial charge in [-0.1, -0.05) is 20.8 Å². The molecule has 4 nitrogen and oxygen atoms in total. The number of hydrogen-bond acceptors (Lipinski definition) is 3. The summed E-state index contributed by atoms with van der Waals surface area (Å²) in [5.74, 6) is -2.47. The molecule has 0 aromatic carbocycles. The first-order chi connectivity index (χ1) is 10.3. The molecule has 1 saturated carbocycles. The number of amides is 1. The van der Waals surface area contributed by atoms with Crippen molar-refractivity contribution < 1.29 is 18.3 Å². The predicted octanol–water partition coefficient (Wildman–Crippen LogP) is 3.95. The van der Waals surface area contributed by atoms with Crippen molar-refractivity contribution >= 4 is 6.09 Å². The molecular weight excluding hydrogens is 302 g/mol. The van der Waals surface area contributed by atoms with Crippen molar-refractivity contribution in [2.45, 2.75) is 78.4 Å². The minimum atomic E-state index is -3.00. The zero-order chi connectivity index (χ0) is 17.9. The molecule has 136 valence electrons. The molecule has 1 fully saturated rings. The first kappa shape index (κ1) is 20.1. The van der Waals surface area contributed by atoms with Gasteiger partial charge in [-0.3, -0.25) is 0 Å². The lowest BCUT2D eigenvalue weighted by molar-refractivity contribution is -0.00908. The SMILES string of the molecule is CC1CC(NCC(F)(F)CNC(=O)OC(C)(C)C)CC(C)(C)C1. The smallest absolute Gasteiger partial charge is 0.407 e. The molecule has 0 heterocycles. The van der Waals surface area contributed by atoms with Crippen molar-refractivity contribution in [1.82, 2.24) is 10.6 Å². The summed E-state index contributed by atoms with van der Waals surface area (Å²) in [4.78, 5) is 11.5. The number of ether oxygens (including phenoxy) is 1. The van der Waals surface area contributed by atoms with E-state index in [-0.39, 0.29) is 11.5 Å². The second-order valence-corrected chi connectivity index (χ2v) is 8.70. The average Bonchev–Trinajstić information content (AvgIpc) is 2.30. The molecule has 2 unspecified atom stereocenters. The van der Waals surface area contributed by atoms with E-state index in [9.17, 15) is 13.6 Å². The van der Waals surface area contributed by atoms with Crippen molar-refractivity contribution in [1.29, 1.82) is 0 Å². The number of hydrogen-bond donors (Lipinski definition) is 2. The van der Waals surface area contributed by atoms with Crippen LogP contribution in [0.15, 0.2) is 0 Å². The fourth-order valence-corrected chi connectivity index (χ4v) is 3.37. The Morgan fingerprint density at radius 2 is 1.83 bits per heavy atom. The maximum Gasteiger partial charge on any atom is 0.407 e. The van der Waals surface area contributed by atoms with Gasteiger partial charge in [-0.25, -0.2) is 13.6 Å². The summed E-state index contributed by atoms with van der Waals surface area (Å²) >= 11 is 0. The van der Waals surface area contributed by atoms with Crippen LogP contribution in [0.3, 0.4) is 0 Å². The maximum absolute atomic E-state index is 13.9. The number of alkyl carbamates (subject to hydrolysis) is 1. The van der Waals surface area contributed by atoms with Crippen LogP contribution < -0.4 is 10.6 Å². The molecule has 23 heavy (non-hydrogen) atoms. The highest BCUT2D eigenvalue weighted by atomic mass is 19.3. The summed E-state index contributed by atoms with van der Waals surface area (Å²) in [7, 11) is 0. The second-order valence-electron chi connectivity index (χ2n) is 8.70. The van der Waals surface area contributed by atoms with Crippen molar-refractivity contribution in [3.63, 3.8) is 0 Å². The third-order valence-corrected chi connectivity index (χ3v) is 3.93. The van der Waals surface area contributed by atoms with Crippen molar-refractivity contribution in [3.8, 4) is 0 Å². The van der Waals surface area contributed by atoms with Crippen LogP contribution in [0.4, 0.5) is 13.6 Å². The van der Waals surface area contributed by atoms with E-state index in [2.05, 4.69) is 31.4 Å². The first-order valence-electron chi connectivity index (χ1n) is 8.36. The van der Waals surface area contributed by atoms with Gasteiger partial charge in [-0.05, 0) is 51.4 Å². The molecule has 0 aliphatic heterocycles. The Kier molecular flexibility index (Phi) is 6.41. The van der Waals surface area contributed by atoms with Crippen molar-refractivity contribution in [3.05, 3.63) is 0 Å². The average molecular weight is 334 g/mol. The fourth-order valence-electron chi connectivity index (χ4n) is 3.37. The van der Waals surface area contributed by atoms with Crippen LogP contribution in [0.5, 0.6) is 0 Å². The molecule has 1 aliphatic rings. The molecule has 6 heteroatoms. The molecule has 2 N–H and O–H groups in total. The highest BCUT2D eigenvalue weighted by Gasteiger charge is 2.35. The Morgan fingerprint density at radius 1 is 1.22 bits per heavy atom. The van der Waals surface area contributed by atoms with E-state index < -0.39 is 30.7 Å². The van der Waals surface area contributed by atoms with Gasteiger partial charge in [0.15, 0.2) is 0 Å². The van der Waals surface area contributed by atoms with Gasteiger partial charge < -0.3 is 15.4 Å². The van der Waals surface area contributed by atoms with Gasteiger partial charge in [0.2, 0.25) is 0 Å². The van der Waals surface area contributed by atoms with Crippen LogP contribution in [0.1, 0.15) is 60.8 Å². The Morgan fingerprint density at radius 3 is 2.35 bits per heavy atom. The van der Waals surface area contributed by atoms with Crippen molar-refractivity contribution in [2.24, 2.45) is 11.3 Å². The van der Waals surface area contributed by atoms with E-state index in [1.54, 1.807) is 20.8 Å². The topological polar surface area (TPSA) is 50.4 Å². The van der Waals surface area contributed by atoms with E-state index in [1.165, 1.54) is 0 Å². The normalized spacial score (nSPS) is 25.0. The van der Waals surface area contributed by atoms with Gasteiger partial charge in [-0.2, -0.15) is 0 Å². The Hall–Kier alpha value is -0.910. The lowest BCUT2D eigenvalue weighted by atomic mass is 9.70. The largest absolute Gasteiger partial charge is 0.444 e. The number of rotatable bonds is 5. The Balaban J connectivity index is 2.39. The number of nitrogens with one attached hydrogen (secondary N) is 2. The van der Waals surface area contributed by atoms with Gasteiger partial charge in [0.25, 0.3) is 5.92 Å².